The fourth-order valence-electron chi connectivity index (χ4n) is 1.72. The number of thiocarbonyl (C=S) groups is 1. The number of rotatable bonds is 5. The summed E-state index contributed by atoms with van der Waals surface area (Å²) in [6.07, 6.45) is 4.47. The monoisotopic (exact) mass is 280 g/mol. The molecule has 2 rings (SSSR count). The lowest BCUT2D eigenvalue weighted by molar-refractivity contribution is 0.0953. The van der Waals surface area contributed by atoms with E-state index in [0.29, 0.717) is 10.6 Å². The zero-order valence-corrected chi connectivity index (χ0v) is 11.9. The van der Waals surface area contributed by atoms with Crippen molar-refractivity contribution in [2.45, 2.75) is 17.6 Å². The molecule has 1 aliphatic rings. The number of nitrogens with two attached hydrogens (primary N) is 1. The van der Waals surface area contributed by atoms with Gasteiger partial charge in [-0.3, -0.25) is 4.79 Å². The molecule has 1 aromatic rings. The first-order valence-electron chi connectivity index (χ1n) is 5.79. The van der Waals surface area contributed by atoms with E-state index in [-0.39, 0.29) is 10.7 Å². The second-order valence-corrected chi connectivity index (χ2v) is 6.23. The molecule has 5 heteroatoms. The van der Waals surface area contributed by atoms with Crippen molar-refractivity contribution >= 4 is 34.9 Å². The van der Waals surface area contributed by atoms with Crippen molar-refractivity contribution in [1.29, 1.82) is 0 Å². The normalized spacial score (nSPS) is 16.1. The molecule has 0 bridgehead atoms. The van der Waals surface area contributed by atoms with E-state index in [9.17, 15) is 4.79 Å². The van der Waals surface area contributed by atoms with Gasteiger partial charge in [-0.1, -0.05) is 24.4 Å². The Labute approximate surface area is 117 Å². The van der Waals surface area contributed by atoms with E-state index < -0.39 is 0 Å². The van der Waals surface area contributed by atoms with Crippen molar-refractivity contribution in [2.24, 2.45) is 5.73 Å². The summed E-state index contributed by atoms with van der Waals surface area (Å²) in [6.45, 7) is 0.740. The molecule has 1 fully saturated rings. The molecule has 3 N–H and O–H groups in total. The molecule has 0 radical (unpaired) electrons. The molecule has 1 amide bonds. The third kappa shape index (κ3) is 3.03. The minimum atomic E-state index is -0.0372. The Morgan fingerprint density at radius 2 is 1.94 bits per heavy atom. The van der Waals surface area contributed by atoms with E-state index in [2.05, 4.69) is 11.6 Å². The summed E-state index contributed by atoms with van der Waals surface area (Å²) in [6, 6.07) is 7.06. The molecular formula is C13H16N2OS2. The molecule has 1 saturated carbocycles. The van der Waals surface area contributed by atoms with Gasteiger partial charge >= 0.3 is 0 Å². The van der Waals surface area contributed by atoms with E-state index in [0.717, 1.165) is 12.1 Å². The summed E-state index contributed by atoms with van der Waals surface area (Å²) in [5.74, 6) is -0.0372. The Kier molecular flexibility index (Phi) is 3.92. The molecule has 0 aromatic heterocycles. The van der Waals surface area contributed by atoms with E-state index in [4.69, 9.17) is 18.0 Å². The van der Waals surface area contributed by atoms with Gasteiger partial charge in [0.05, 0.1) is 0 Å². The van der Waals surface area contributed by atoms with Crippen LogP contribution in [0.5, 0.6) is 0 Å². The van der Waals surface area contributed by atoms with Gasteiger partial charge in [0.2, 0.25) is 0 Å². The number of benzene rings is 1. The van der Waals surface area contributed by atoms with Gasteiger partial charge in [0.1, 0.15) is 4.99 Å². The van der Waals surface area contributed by atoms with Crippen LogP contribution in [-0.2, 0) is 0 Å². The van der Waals surface area contributed by atoms with Gasteiger partial charge in [0.15, 0.2) is 0 Å². The Morgan fingerprint density at radius 1 is 1.39 bits per heavy atom. The highest BCUT2D eigenvalue weighted by Gasteiger charge is 2.41. The second-order valence-electron chi connectivity index (χ2n) is 4.51. The summed E-state index contributed by atoms with van der Waals surface area (Å²) in [4.78, 5) is 12.3. The molecule has 0 saturated heterocycles. The average Bonchev–Trinajstić information content (AvgIpc) is 3.17. The number of carbonyl (C=O) groups excluding carboxylic acids is 1. The van der Waals surface area contributed by atoms with Crippen molar-refractivity contribution in [3.05, 3.63) is 35.4 Å². The fraction of sp³-hybridized carbons (Fsp3) is 0.385. The SMILES string of the molecule is CSC1(CNC(=O)c2ccc(C(N)=S)cc2)CC1. The van der Waals surface area contributed by atoms with E-state index in [1.807, 2.05) is 11.8 Å². The van der Waals surface area contributed by atoms with Crippen molar-refractivity contribution in [3.63, 3.8) is 0 Å². The number of hydrogen-bond acceptors (Lipinski definition) is 3. The van der Waals surface area contributed by atoms with Gasteiger partial charge in [-0.05, 0) is 31.2 Å². The summed E-state index contributed by atoms with van der Waals surface area (Å²) in [5.41, 5.74) is 6.94. The van der Waals surface area contributed by atoms with Crippen LogP contribution in [0, 0.1) is 0 Å². The lowest BCUT2D eigenvalue weighted by Crippen LogP contribution is -2.31. The van der Waals surface area contributed by atoms with Crippen LogP contribution in [0.2, 0.25) is 0 Å². The van der Waals surface area contributed by atoms with Crippen LogP contribution < -0.4 is 11.1 Å². The molecule has 0 spiro atoms. The van der Waals surface area contributed by atoms with Crippen molar-refractivity contribution in [3.8, 4) is 0 Å². The predicted molar refractivity (Wildman–Crippen MR) is 80.1 cm³/mol. The third-order valence-electron chi connectivity index (χ3n) is 3.24. The summed E-state index contributed by atoms with van der Waals surface area (Å²) < 4.78 is 0.286. The van der Waals surface area contributed by atoms with E-state index in [1.165, 1.54) is 12.8 Å². The smallest absolute Gasteiger partial charge is 0.251 e. The highest BCUT2D eigenvalue weighted by Crippen LogP contribution is 2.46. The Hall–Kier alpha value is -1.07. The van der Waals surface area contributed by atoms with Crippen LogP contribution in [0.1, 0.15) is 28.8 Å². The fourth-order valence-corrected chi connectivity index (χ4v) is 2.58. The first-order chi connectivity index (χ1) is 8.56. The molecule has 0 atom stereocenters. The maximum absolute atomic E-state index is 11.9. The zero-order chi connectivity index (χ0) is 13.2. The van der Waals surface area contributed by atoms with Crippen LogP contribution in [-0.4, -0.2) is 28.4 Å². The topological polar surface area (TPSA) is 55.1 Å². The largest absolute Gasteiger partial charge is 0.389 e. The van der Waals surface area contributed by atoms with E-state index >= 15 is 0 Å². The summed E-state index contributed by atoms with van der Waals surface area (Å²) in [5, 5.41) is 2.98. The number of carbonyl (C=O) groups is 1. The Bertz CT molecular complexity index is 466. The molecule has 0 heterocycles. The third-order valence-corrected chi connectivity index (χ3v) is 4.90. The maximum atomic E-state index is 11.9. The van der Waals surface area contributed by atoms with Crippen LogP contribution in [0.4, 0.5) is 0 Å². The standard InChI is InChI=1S/C13H16N2OS2/c1-18-13(6-7-13)8-15-12(16)10-4-2-9(3-5-10)11(14)17/h2-5H,6-8H2,1H3,(H2,14,17)(H,15,16). The summed E-state index contributed by atoms with van der Waals surface area (Å²) >= 11 is 6.70. The molecule has 1 aliphatic carbocycles. The molecule has 1 aromatic carbocycles. The molecular weight excluding hydrogens is 264 g/mol. The van der Waals surface area contributed by atoms with Crippen molar-refractivity contribution in [2.75, 3.05) is 12.8 Å². The Morgan fingerprint density at radius 3 is 2.39 bits per heavy atom. The van der Waals surface area contributed by atoms with Crippen LogP contribution in [0.3, 0.4) is 0 Å². The average molecular weight is 280 g/mol. The van der Waals surface area contributed by atoms with Gasteiger partial charge in [-0.25, -0.2) is 0 Å². The summed E-state index contributed by atoms with van der Waals surface area (Å²) in [7, 11) is 0. The molecule has 0 unspecified atom stereocenters. The maximum Gasteiger partial charge on any atom is 0.251 e. The molecule has 3 nitrogen and oxygen atoms in total. The van der Waals surface area contributed by atoms with Gasteiger partial charge in [-0.2, -0.15) is 11.8 Å². The van der Waals surface area contributed by atoms with E-state index in [1.54, 1.807) is 24.3 Å². The number of hydrogen-bond donors (Lipinski definition) is 2. The lowest BCUT2D eigenvalue weighted by atomic mass is 10.1. The Balaban J connectivity index is 1.94. The second kappa shape index (κ2) is 5.28. The van der Waals surface area contributed by atoms with Gasteiger partial charge in [-0.15, -0.1) is 0 Å². The molecule has 96 valence electrons. The predicted octanol–water partition coefficient (Wildman–Crippen LogP) is 1.95. The molecule has 0 aliphatic heterocycles. The van der Waals surface area contributed by atoms with Gasteiger partial charge in [0.25, 0.3) is 5.91 Å². The van der Waals surface area contributed by atoms with Crippen LogP contribution in [0.25, 0.3) is 0 Å². The number of amides is 1. The van der Waals surface area contributed by atoms with Crippen LogP contribution >= 0.6 is 24.0 Å². The molecule has 18 heavy (non-hydrogen) atoms. The van der Waals surface area contributed by atoms with Crippen molar-refractivity contribution in [1.82, 2.24) is 5.32 Å². The van der Waals surface area contributed by atoms with Gasteiger partial charge in [0, 0.05) is 22.4 Å². The quantitative estimate of drug-likeness (QED) is 0.810. The number of nitrogens with one attached hydrogen (secondary N) is 1. The van der Waals surface area contributed by atoms with Gasteiger partial charge < -0.3 is 11.1 Å². The lowest BCUT2D eigenvalue weighted by Gasteiger charge is -2.13. The minimum Gasteiger partial charge on any atom is -0.389 e. The minimum absolute atomic E-state index is 0.0372. The first-order valence-corrected chi connectivity index (χ1v) is 7.43. The first kappa shape index (κ1) is 13.4. The highest BCUT2D eigenvalue weighted by atomic mass is 32.2. The van der Waals surface area contributed by atoms with Crippen molar-refractivity contribution < 1.29 is 4.79 Å². The van der Waals surface area contributed by atoms with Crippen LogP contribution in [0.15, 0.2) is 24.3 Å². The highest BCUT2D eigenvalue weighted by molar-refractivity contribution is 8.00. The zero-order valence-electron chi connectivity index (χ0n) is 10.2. The number of thioether (sulfide) groups is 1.